The predicted molar refractivity (Wildman–Crippen MR) is 114 cm³/mol. The highest BCUT2D eigenvalue weighted by molar-refractivity contribution is 8.00. The average molecular weight is 416 g/mol. The molecule has 0 N–H and O–H groups in total. The lowest BCUT2D eigenvalue weighted by Crippen LogP contribution is -2.47. The number of thioether (sulfide) groups is 1. The van der Waals surface area contributed by atoms with E-state index in [-0.39, 0.29) is 11.2 Å². The topological polar surface area (TPSA) is 63.4 Å². The van der Waals surface area contributed by atoms with Crippen LogP contribution in [0.5, 0.6) is 0 Å². The van der Waals surface area contributed by atoms with Gasteiger partial charge in [0.05, 0.1) is 10.1 Å². The van der Waals surface area contributed by atoms with Crippen LogP contribution in [-0.4, -0.2) is 48.5 Å². The fraction of sp³-hybridized carbons (Fsp3) is 0.500. The summed E-state index contributed by atoms with van der Waals surface area (Å²) in [5, 5.41) is 16.0. The summed E-state index contributed by atoms with van der Waals surface area (Å²) in [4.78, 5) is 16.4. The second-order valence-corrected chi connectivity index (χ2v) is 9.22. The van der Waals surface area contributed by atoms with Crippen LogP contribution < -0.4 is 0 Å². The van der Waals surface area contributed by atoms with E-state index in [0.717, 1.165) is 48.0 Å². The normalized spacial score (nSPS) is 18.5. The van der Waals surface area contributed by atoms with Gasteiger partial charge in [0.1, 0.15) is 5.03 Å². The molecule has 2 unspecified atom stereocenters. The van der Waals surface area contributed by atoms with E-state index in [4.69, 9.17) is 5.10 Å². The fourth-order valence-electron chi connectivity index (χ4n) is 3.75. The van der Waals surface area contributed by atoms with Gasteiger partial charge in [0, 0.05) is 12.6 Å². The molecule has 0 aromatic carbocycles. The maximum atomic E-state index is 13.2. The number of thiophene rings is 1. The molecule has 8 heteroatoms. The summed E-state index contributed by atoms with van der Waals surface area (Å²) in [6.45, 7) is 5.14. The van der Waals surface area contributed by atoms with Crippen LogP contribution in [0.2, 0.25) is 0 Å². The molecule has 1 aliphatic heterocycles. The lowest BCUT2D eigenvalue weighted by Gasteiger charge is -2.37. The summed E-state index contributed by atoms with van der Waals surface area (Å²) in [5.41, 5.74) is 0.717. The number of hydrogen-bond donors (Lipinski definition) is 0. The van der Waals surface area contributed by atoms with Crippen molar-refractivity contribution in [3.05, 3.63) is 29.6 Å². The van der Waals surface area contributed by atoms with Crippen LogP contribution in [0.15, 0.2) is 34.7 Å². The first-order valence-electron chi connectivity index (χ1n) is 9.94. The SMILES string of the molecule is CCC(Sc1ccc2nnc(-c3cccs3)n2n1)C(=O)N1CCCCC1CC. The molecule has 3 aromatic rings. The Balaban J connectivity index is 1.57. The molecule has 4 heterocycles. The summed E-state index contributed by atoms with van der Waals surface area (Å²) in [7, 11) is 0. The van der Waals surface area contributed by atoms with Crippen LogP contribution >= 0.6 is 23.1 Å². The number of carbonyl (C=O) groups is 1. The lowest BCUT2D eigenvalue weighted by atomic mass is 9.99. The number of aromatic nitrogens is 4. The summed E-state index contributed by atoms with van der Waals surface area (Å²) in [5.74, 6) is 0.997. The first-order valence-corrected chi connectivity index (χ1v) is 11.7. The zero-order chi connectivity index (χ0) is 19.5. The zero-order valence-corrected chi connectivity index (χ0v) is 17.9. The van der Waals surface area contributed by atoms with Crippen LogP contribution in [0.1, 0.15) is 46.0 Å². The number of hydrogen-bond acceptors (Lipinski definition) is 6. The third-order valence-electron chi connectivity index (χ3n) is 5.27. The highest BCUT2D eigenvalue weighted by Crippen LogP contribution is 2.30. The van der Waals surface area contributed by atoms with Gasteiger partial charge in [0.25, 0.3) is 0 Å². The monoisotopic (exact) mass is 415 g/mol. The standard InChI is InChI=1S/C20H25N5OS2/c1-3-14-8-5-6-12-24(14)20(26)15(4-2)28-18-11-10-17-21-22-19(25(17)23-18)16-9-7-13-27-16/h7,9-11,13-15H,3-6,8,12H2,1-2H3. The second kappa shape index (κ2) is 8.61. The predicted octanol–water partition coefficient (Wildman–Crippen LogP) is 4.51. The minimum absolute atomic E-state index is 0.112. The molecule has 0 radical (unpaired) electrons. The van der Waals surface area contributed by atoms with E-state index >= 15 is 0 Å². The van der Waals surface area contributed by atoms with Crippen molar-refractivity contribution in [2.75, 3.05) is 6.54 Å². The maximum Gasteiger partial charge on any atom is 0.236 e. The lowest BCUT2D eigenvalue weighted by molar-refractivity contribution is -0.134. The van der Waals surface area contributed by atoms with Gasteiger partial charge in [-0.3, -0.25) is 4.79 Å². The molecule has 2 atom stereocenters. The number of carbonyl (C=O) groups excluding carboxylic acids is 1. The molecule has 1 fully saturated rings. The third-order valence-corrected chi connectivity index (χ3v) is 7.42. The van der Waals surface area contributed by atoms with Crippen LogP contribution in [0.25, 0.3) is 16.3 Å². The quantitative estimate of drug-likeness (QED) is 0.554. The van der Waals surface area contributed by atoms with E-state index < -0.39 is 0 Å². The van der Waals surface area contributed by atoms with Crippen molar-refractivity contribution in [3.8, 4) is 10.7 Å². The number of piperidine rings is 1. The van der Waals surface area contributed by atoms with Gasteiger partial charge >= 0.3 is 0 Å². The van der Waals surface area contributed by atoms with E-state index in [1.165, 1.54) is 6.42 Å². The average Bonchev–Trinajstić information content (AvgIpc) is 3.40. The fourth-order valence-corrected chi connectivity index (χ4v) is 5.41. The first kappa shape index (κ1) is 19.4. The molecule has 0 bridgehead atoms. The van der Waals surface area contributed by atoms with Crippen LogP contribution in [0.3, 0.4) is 0 Å². The van der Waals surface area contributed by atoms with Crippen LogP contribution in [-0.2, 0) is 4.79 Å². The molecular weight excluding hydrogens is 390 g/mol. The van der Waals surface area contributed by atoms with E-state index in [1.807, 2.05) is 29.6 Å². The van der Waals surface area contributed by atoms with E-state index in [9.17, 15) is 4.79 Å². The van der Waals surface area contributed by atoms with Crippen molar-refractivity contribution in [1.29, 1.82) is 0 Å². The molecule has 0 saturated carbocycles. The molecule has 1 amide bonds. The van der Waals surface area contributed by atoms with Gasteiger partial charge in [-0.15, -0.1) is 21.5 Å². The number of likely N-dealkylation sites (tertiary alicyclic amines) is 1. The third kappa shape index (κ3) is 3.80. The van der Waals surface area contributed by atoms with Gasteiger partial charge in [-0.2, -0.15) is 9.61 Å². The molecule has 28 heavy (non-hydrogen) atoms. The highest BCUT2D eigenvalue weighted by Gasteiger charge is 2.30. The van der Waals surface area contributed by atoms with Crippen molar-refractivity contribution < 1.29 is 4.79 Å². The summed E-state index contributed by atoms with van der Waals surface area (Å²) in [6.07, 6.45) is 5.28. The maximum absolute atomic E-state index is 13.2. The largest absolute Gasteiger partial charge is 0.339 e. The van der Waals surface area contributed by atoms with Gasteiger partial charge in [-0.25, -0.2) is 0 Å². The Kier molecular flexibility index (Phi) is 5.96. The Labute approximate surface area is 173 Å². The van der Waals surface area contributed by atoms with Crippen molar-refractivity contribution in [2.45, 2.75) is 62.3 Å². The van der Waals surface area contributed by atoms with Crippen LogP contribution in [0.4, 0.5) is 0 Å². The minimum Gasteiger partial charge on any atom is -0.339 e. The molecule has 0 aliphatic carbocycles. The Bertz CT molecular complexity index is 939. The first-order chi connectivity index (χ1) is 13.7. The molecule has 1 aliphatic rings. The number of rotatable bonds is 6. The number of nitrogens with zero attached hydrogens (tertiary/aromatic N) is 5. The van der Waals surface area contributed by atoms with Gasteiger partial charge in [-0.1, -0.05) is 31.7 Å². The molecular formula is C20H25N5OS2. The van der Waals surface area contributed by atoms with Crippen molar-refractivity contribution >= 4 is 34.7 Å². The van der Waals surface area contributed by atoms with Crippen molar-refractivity contribution in [3.63, 3.8) is 0 Å². The minimum atomic E-state index is -0.112. The second-order valence-electron chi connectivity index (χ2n) is 7.05. The number of fused-ring (bicyclic) bond motifs is 1. The van der Waals surface area contributed by atoms with Crippen LogP contribution in [0, 0.1) is 0 Å². The summed E-state index contributed by atoms with van der Waals surface area (Å²) >= 11 is 3.17. The summed E-state index contributed by atoms with van der Waals surface area (Å²) in [6, 6.07) is 8.26. The highest BCUT2D eigenvalue weighted by atomic mass is 32.2. The molecule has 3 aromatic heterocycles. The molecule has 0 spiro atoms. The van der Waals surface area contributed by atoms with Crippen molar-refractivity contribution in [2.24, 2.45) is 0 Å². The Hall–Kier alpha value is -1.93. The Morgan fingerprint density at radius 3 is 2.93 bits per heavy atom. The molecule has 6 nitrogen and oxygen atoms in total. The summed E-state index contributed by atoms with van der Waals surface area (Å²) < 4.78 is 1.78. The van der Waals surface area contributed by atoms with E-state index in [1.54, 1.807) is 27.6 Å². The zero-order valence-electron chi connectivity index (χ0n) is 16.2. The molecule has 148 valence electrons. The smallest absolute Gasteiger partial charge is 0.236 e. The van der Waals surface area contributed by atoms with Gasteiger partial charge in [0.2, 0.25) is 5.91 Å². The Morgan fingerprint density at radius 1 is 1.29 bits per heavy atom. The van der Waals surface area contributed by atoms with Gasteiger partial charge in [0.15, 0.2) is 11.5 Å². The van der Waals surface area contributed by atoms with Gasteiger partial charge in [-0.05, 0) is 55.7 Å². The molecule has 4 rings (SSSR count). The van der Waals surface area contributed by atoms with E-state index in [0.29, 0.717) is 11.7 Å². The van der Waals surface area contributed by atoms with Gasteiger partial charge < -0.3 is 4.90 Å². The van der Waals surface area contributed by atoms with Crippen molar-refractivity contribution in [1.82, 2.24) is 24.7 Å². The Morgan fingerprint density at radius 2 is 2.18 bits per heavy atom. The number of amides is 1. The van der Waals surface area contributed by atoms with E-state index in [2.05, 4.69) is 28.9 Å². The molecule has 1 saturated heterocycles.